The van der Waals surface area contributed by atoms with Crippen molar-refractivity contribution in [3.8, 4) is 0 Å². The molecule has 1 aromatic heterocycles. The zero-order valence-electron chi connectivity index (χ0n) is 11.9. The van der Waals surface area contributed by atoms with Crippen LogP contribution in [0.1, 0.15) is 25.7 Å². The molecule has 0 bridgehead atoms. The average Bonchev–Trinajstić information content (AvgIpc) is 2.49. The Kier molecular flexibility index (Phi) is 4.31. The molecule has 2 aromatic rings. The summed E-state index contributed by atoms with van der Waals surface area (Å²) in [7, 11) is 0. The minimum atomic E-state index is 0.229. The van der Waals surface area contributed by atoms with Crippen molar-refractivity contribution < 1.29 is 5.11 Å². The number of aromatic nitrogens is 1. The molecule has 1 fully saturated rings. The molecule has 5 heteroatoms. The first-order valence-electron chi connectivity index (χ1n) is 7.42. The van der Waals surface area contributed by atoms with Crippen LogP contribution in [-0.2, 0) is 0 Å². The molecule has 2 heterocycles. The van der Waals surface area contributed by atoms with Gasteiger partial charge in [0.05, 0.1) is 11.2 Å². The molecule has 112 valence electrons. The lowest BCUT2D eigenvalue weighted by molar-refractivity contribution is 0.262. The number of hydrogen-bond acceptors (Lipinski definition) is 4. The Hall–Kier alpha value is -1.33. The number of aliphatic hydroxyl groups excluding tert-OH is 1. The highest BCUT2D eigenvalue weighted by Crippen LogP contribution is 2.34. The van der Waals surface area contributed by atoms with Gasteiger partial charge in [0.25, 0.3) is 0 Å². The molecular weight excluding hydrogens is 330 g/mol. The number of nitrogens with two attached hydrogens (primary N) is 1. The summed E-state index contributed by atoms with van der Waals surface area (Å²) >= 11 is 3.46. The summed E-state index contributed by atoms with van der Waals surface area (Å²) in [6.07, 6.45) is 6.17. The molecule has 1 unspecified atom stereocenters. The van der Waals surface area contributed by atoms with Crippen molar-refractivity contribution in [2.45, 2.75) is 31.7 Å². The van der Waals surface area contributed by atoms with Crippen LogP contribution in [0, 0.1) is 0 Å². The molecule has 1 aliphatic rings. The Morgan fingerprint density at radius 2 is 2.24 bits per heavy atom. The molecule has 0 saturated carbocycles. The van der Waals surface area contributed by atoms with E-state index in [1.165, 1.54) is 12.8 Å². The van der Waals surface area contributed by atoms with Gasteiger partial charge in [0.1, 0.15) is 0 Å². The molecule has 3 rings (SSSR count). The number of pyridine rings is 1. The number of halogens is 1. The van der Waals surface area contributed by atoms with E-state index in [-0.39, 0.29) is 6.61 Å². The number of benzene rings is 1. The number of piperidine rings is 1. The van der Waals surface area contributed by atoms with Crippen LogP contribution in [0.25, 0.3) is 10.9 Å². The Labute approximate surface area is 133 Å². The van der Waals surface area contributed by atoms with E-state index in [1.54, 1.807) is 0 Å². The van der Waals surface area contributed by atoms with E-state index in [1.807, 2.05) is 18.3 Å². The van der Waals surface area contributed by atoms with E-state index in [9.17, 15) is 5.11 Å². The van der Waals surface area contributed by atoms with Gasteiger partial charge in [0.15, 0.2) is 0 Å². The zero-order chi connectivity index (χ0) is 14.8. The highest BCUT2D eigenvalue weighted by Gasteiger charge is 2.24. The zero-order valence-corrected chi connectivity index (χ0v) is 13.5. The number of aliphatic hydroxyl groups is 1. The largest absolute Gasteiger partial charge is 0.398 e. The smallest absolute Gasteiger partial charge is 0.0956 e. The van der Waals surface area contributed by atoms with E-state index < -0.39 is 0 Å². The predicted octanol–water partition coefficient (Wildman–Crippen LogP) is 3.32. The van der Waals surface area contributed by atoms with Crippen molar-refractivity contribution in [3.63, 3.8) is 0 Å². The van der Waals surface area contributed by atoms with Gasteiger partial charge < -0.3 is 15.7 Å². The van der Waals surface area contributed by atoms with Gasteiger partial charge in [-0.2, -0.15) is 0 Å². The summed E-state index contributed by atoms with van der Waals surface area (Å²) < 4.78 is 0.935. The number of anilines is 2. The number of nitrogen functional groups attached to an aromatic ring is 1. The Bertz CT molecular complexity index is 645. The van der Waals surface area contributed by atoms with Gasteiger partial charge in [0, 0.05) is 40.9 Å². The second-order valence-corrected chi connectivity index (χ2v) is 6.49. The third-order valence-corrected chi connectivity index (χ3v) is 4.66. The molecule has 1 saturated heterocycles. The van der Waals surface area contributed by atoms with Crippen LogP contribution in [0.15, 0.2) is 28.9 Å². The molecule has 4 nitrogen and oxygen atoms in total. The SMILES string of the molecule is Nc1ccc(N2CCCCC2CCO)c2ncc(Br)cc12. The van der Waals surface area contributed by atoms with Crippen LogP contribution in [0.4, 0.5) is 11.4 Å². The fourth-order valence-corrected chi connectivity index (χ4v) is 3.53. The van der Waals surface area contributed by atoms with Crippen LogP contribution >= 0.6 is 15.9 Å². The summed E-state index contributed by atoms with van der Waals surface area (Å²) in [6.45, 7) is 1.24. The predicted molar refractivity (Wildman–Crippen MR) is 90.5 cm³/mol. The Morgan fingerprint density at radius 3 is 3.05 bits per heavy atom. The third-order valence-electron chi connectivity index (χ3n) is 4.23. The van der Waals surface area contributed by atoms with E-state index in [0.717, 1.165) is 46.1 Å². The first kappa shape index (κ1) is 14.6. The van der Waals surface area contributed by atoms with Gasteiger partial charge in [-0.05, 0) is 59.8 Å². The fourth-order valence-electron chi connectivity index (χ4n) is 3.20. The lowest BCUT2D eigenvalue weighted by Crippen LogP contribution is -2.40. The van der Waals surface area contributed by atoms with E-state index in [0.29, 0.717) is 6.04 Å². The van der Waals surface area contributed by atoms with Crippen molar-refractivity contribution >= 4 is 38.2 Å². The monoisotopic (exact) mass is 349 g/mol. The first-order chi connectivity index (χ1) is 10.2. The van der Waals surface area contributed by atoms with Gasteiger partial charge >= 0.3 is 0 Å². The van der Waals surface area contributed by atoms with E-state index >= 15 is 0 Å². The molecule has 0 amide bonds. The fraction of sp³-hybridized carbons (Fsp3) is 0.438. The van der Waals surface area contributed by atoms with Gasteiger partial charge in [-0.1, -0.05) is 0 Å². The average molecular weight is 350 g/mol. The van der Waals surface area contributed by atoms with Crippen LogP contribution < -0.4 is 10.6 Å². The maximum Gasteiger partial charge on any atom is 0.0956 e. The lowest BCUT2D eigenvalue weighted by Gasteiger charge is -2.38. The maximum atomic E-state index is 9.31. The molecule has 0 radical (unpaired) electrons. The standard InChI is InChI=1S/C16H20BrN3O/c17-11-9-13-14(18)4-5-15(16(13)19-10-11)20-7-2-1-3-12(20)6-8-21/h4-5,9-10,12,21H,1-3,6-8,18H2. The van der Waals surface area contributed by atoms with Crippen molar-refractivity contribution in [2.24, 2.45) is 0 Å². The van der Waals surface area contributed by atoms with Crippen LogP contribution in [0.5, 0.6) is 0 Å². The topological polar surface area (TPSA) is 62.4 Å². The van der Waals surface area contributed by atoms with E-state index in [2.05, 4.69) is 31.9 Å². The molecule has 21 heavy (non-hydrogen) atoms. The first-order valence-corrected chi connectivity index (χ1v) is 8.21. The number of rotatable bonds is 3. The van der Waals surface area contributed by atoms with Gasteiger partial charge in [-0.15, -0.1) is 0 Å². The summed E-state index contributed by atoms with van der Waals surface area (Å²) in [4.78, 5) is 6.97. The van der Waals surface area contributed by atoms with Gasteiger partial charge in [0.2, 0.25) is 0 Å². The lowest BCUT2D eigenvalue weighted by atomic mass is 9.98. The van der Waals surface area contributed by atoms with Gasteiger partial charge in [-0.25, -0.2) is 0 Å². The minimum Gasteiger partial charge on any atom is -0.398 e. The molecular formula is C16H20BrN3O. The second kappa shape index (κ2) is 6.20. The molecule has 1 atom stereocenters. The Morgan fingerprint density at radius 1 is 1.38 bits per heavy atom. The van der Waals surface area contributed by atoms with Crippen LogP contribution in [0.3, 0.4) is 0 Å². The summed E-state index contributed by atoms with van der Waals surface area (Å²) in [6, 6.07) is 6.43. The van der Waals surface area contributed by atoms with Gasteiger partial charge in [-0.3, -0.25) is 4.98 Å². The minimum absolute atomic E-state index is 0.229. The molecule has 1 aromatic carbocycles. The van der Waals surface area contributed by atoms with Crippen molar-refractivity contribution in [1.29, 1.82) is 0 Å². The second-order valence-electron chi connectivity index (χ2n) is 5.58. The summed E-state index contributed by atoms with van der Waals surface area (Å²) in [5.41, 5.74) is 8.92. The maximum absolute atomic E-state index is 9.31. The number of hydrogen-bond donors (Lipinski definition) is 2. The van der Waals surface area contributed by atoms with Crippen LogP contribution in [0.2, 0.25) is 0 Å². The third kappa shape index (κ3) is 2.85. The summed E-state index contributed by atoms with van der Waals surface area (Å²) in [5, 5.41) is 10.3. The van der Waals surface area contributed by atoms with Crippen molar-refractivity contribution in [2.75, 3.05) is 23.8 Å². The van der Waals surface area contributed by atoms with Crippen molar-refractivity contribution in [3.05, 3.63) is 28.9 Å². The van der Waals surface area contributed by atoms with Crippen molar-refractivity contribution in [1.82, 2.24) is 4.98 Å². The molecule has 0 aliphatic carbocycles. The quantitative estimate of drug-likeness (QED) is 0.834. The highest BCUT2D eigenvalue weighted by atomic mass is 79.9. The normalized spacial score (nSPS) is 19.1. The molecule has 1 aliphatic heterocycles. The molecule has 3 N–H and O–H groups in total. The Balaban J connectivity index is 2.08. The van der Waals surface area contributed by atoms with Crippen LogP contribution in [-0.4, -0.2) is 29.3 Å². The number of fused-ring (bicyclic) bond motifs is 1. The highest BCUT2D eigenvalue weighted by molar-refractivity contribution is 9.10. The number of nitrogens with zero attached hydrogens (tertiary/aromatic N) is 2. The summed E-state index contributed by atoms with van der Waals surface area (Å²) in [5.74, 6) is 0. The van der Waals surface area contributed by atoms with E-state index in [4.69, 9.17) is 5.73 Å². The molecule has 0 spiro atoms.